The number of allylic oxidation sites excluding steroid dienone is 5. The van der Waals surface area contributed by atoms with Crippen molar-refractivity contribution in [1.29, 1.82) is 0 Å². The Morgan fingerprint density at radius 1 is 1.56 bits per heavy atom. The van der Waals surface area contributed by atoms with Crippen LogP contribution in [0.25, 0.3) is 0 Å². The van der Waals surface area contributed by atoms with Crippen molar-refractivity contribution in [2.75, 3.05) is 0 Å². The van der Waals surface area contributed by atoms with Crippen molar-refractivity contribution in [3.63, 3.8) is 0 Å². The largest absolute Gasteiger partial charge is 0.0991 e. The van der Waals surface area contributed by atoms with Crippen molar-refractivity contribution in [1.82, 2.24) is 0 Å². The lowest BCUT2D eigenvalue weighted by Gasteiger charge is -1.90. The van der Waals surface area contributed by atoms with E-state index in [2.05, 4.69) is 19.6 Å². The SMILES string of the molecule is C=CC=C(/C=C\C)CC. The molecule has 0 aromatic carbocycles. The molecule has 0 aliphatic carbocycles. The predicted molar refractivity (Wildman–Crippen MR) is 43.4 cm³/mol. The molecular formula is C9H14. The highest BCUT2D eigenvalue weighted by atomic mass is 13.9. The summed E-state index contributed by atoms with van der Waals surface area (Å²) >= 11 is 0. The summed E-state index contributed by atoms with van der Waals surface area (Å²) in [7, 11) is 0. The lowest BCUT2D eigenvalue weighted by atomic mass is 10.2. The summed E-state index contributed by atoms with van der Waals surface area (Å²) in [5, 5.41) is 0. The van der Waals surface area contributed by atoms with E-state index in [-0.39, 0.29) is 0 Å². The molecule has 0 atom stereocenters. The average Bonchev–Trinajstić information content (AvgIpc) is 1.88. The van der Waals surface area contributed by atoms with Crippen LogP contribution in [0.1, 0.15) is 20.3 Å². The Morgan fingerprint density at radius 2 is 2.22 bits per heavy atom. The first-order valence-electron chi connectivity index (χ1n) is 3.29. The third-order valence-electron chi connectivity index (χ3n) is 1.12. The molecule has 0 aliphatic heterocycles. The van der Waals surface area contributed by atoms with Gasteiger partial charge in [0.25, 0.3) is 0 Å². The van der Waals surface area contributed by atoms with E-state index < -0.39 is 0 Å². The Hall–Kier alpha value is -0.780. The number of rotatable bonds is 3. The zero-order valence-corrected chi connectivity index (χ0v) is 6.22. The van der Waals surface area contributed by atoms with Gasteiger partial charge in [-0.05, 0) is 18.9 Å². The first kappa shape index (κ1) is 8.22. The molecule has 0 spiro atoms. The molecule has 0 heterocycles. The van der Waals surface area contributed by atoms with Gasteiger partial charge in [-0.15, -0.1) is 0 Å². The van der Waals surface area contributed by atoms with Crippen LogP contribution in [0, 0.1) is 0 Å². The van der Waals surface area contributed by atoms with Crippen LogP contribution in [-0.2, 0) is 0 Å². The Labute approximate surface area is 57.6 Å². The van der Waals surface area contributed by atoms with Gasteiger partial charge in [0.15, 0.2) is 0 Å². The minimum absolute atomic E-state index is 1.08. The monoisotopic (exact) mass is 122 g/mol. The third kappa shape index (κ3) is 3.77. The van der Waals surface area contributed by atoms with Crippen molar-refractivity contribution < 1.29 is 0 Å². The highest BCUT2D eigenvalue weighted by Crippen LogP contribution is 2.01. The average molecular weight is 122 g/mol. The van der Waals surface area contributed by atoms with Gasteiger partial charge < -0.3 is 0 Å². The molecule has 0 amide bonds. The molecule has 0 rings (SSSR count). The smallest absolute Gasteiger partial charge is 0.0308 e. The van der Waals surface area contributed by atoms with Crippen molar-refractivity contribution in [3.8, 4) is 0 Å². The summed E-state index contributed by atoms with van der Waals surface area (Å²) in [6.45, 7) is 7.78. The van der Waals surface area contributed by atoms with Gasteiger partial charge in [-0.25, -0.2) is 0 Å². The Kier molecular flexibility index (Phi) is 4.89. The number of hydrogen-bond donors (Lipinski definition) is 0. The summed E-state index contributed by atoms with van der Waals surface area (Å²) in [4.78, 5) is 0. The van der Waals surface area contributed by atoms with Gasteiger partial charge >= 0.3 is 0 Å². The fourth-order valence-electron chi connectivity index (χ4n) is 0.657. The minimum Gasteiger partial charge on any atom is -0.0991 e. The van der Waals surface area contributed by atoms with Crippen LogP contribution in [0.5, 0.6) is 0 Å². The molecule has 0 fully saturated rings. The van der Waals surface area contributed by atoms with Crippen molar-refractivity contribution in [2.45, 2.75) is 20.3 Å². The van der Waals surface area contributed by atoms with Gasteiger partial charge in [0.1, 0.15) is 0 Å². The highest BCUT2D eigenvalue weighted by Gasteiger charge is 1.80. The lowest BCUT2D eigenvalue weighted by Crippen LogP contribution is -1.70. The van der Waals surface area contributed by atoms with E-state index >= 15 is 0 Å². The van der Waals surface area contributed by atoms with E-state index in [4.69, 9.17) is 0 Å². The second-order valence-electron chi connectivity index (χ2n) is 1.83. The van der Waals surface area contributed by atoms with Gasteiger partial charge in [-0.2, -0.15) is 0 Å². The molecule has 50 valence electrons. The Balaban J connectivity index is 3.96. The Morgan fingerprint density at radius 3 is 2.56 bits per heavy atom. The van der Waals surface area contributed by atoms with E-state index in [9.17, 15) is 0 Å². The van der Waals surface area contributed by atoms with Crippen LogP contribution >= 0.6 is 0 Å². The normalized spacial score (nSPS) is 12.4. The molecule has 0 aromatic heterocycles. The summed E-state index contributed by atoms with van der Waals surface area (Å²) in [5.41, 5.74) is 1.33. The van der Waals surface area contributed by atoms with Gasteiger partial charge in [0.2, 0.25) is 0 Å². The highest BCUT2D eigenvalue weighted by molar-refractivity contribution is 5.21. The van der Waals surface area contributed by atoms with Gasteiger partial charge in [-0.3, -0.25) is 0 Å². The van der Waals surface area contributed by atoms with E-state index in [1.54, 1.807) is 0 Å². The van der Waals surface area contributed by atoms with E-state index in [0.29, 0.717) is 0 Å². The first-order valence-corrected chi connectivity index (χ1v) is 3.29. The van der Waals surface area contributed by atoms with Crippen LogP contribution in [0.3, 0.4) is 0 Å². The van der Waals surface area contributed by atoms with Crippen LogP contribution in [0.2, 0.25) is 0 Å². The van der Waals surface area contributed by atoms with Crippen molar-refractivity contribution in [2.24, 2.45) is 0 Å². The molecule has 9 heavy (non-hydrogen) atoms. The number of hydrogen-bond acceptors (Lipinski definition) is 0. The van der Waals surface area contributed by atoms with Crippen LogP contribution < -0.4 is 0 Å². The summed E-state index contributed by atoms with van der Waals surface area (Å²) in [6.07, 6.45) is 9.07. The molecule has 0 heteroatoms. The molecule has 0 saturated heterocycles. The van der Waals surface area contributed by atoms with Crippen LogP contribution in [0.4, 0.5) is 0 Å². The maximum absolute atomic E-state index is 3.62. The zero-order valence-electron chi connectivity index (χ0n) is 6.22. The van der Waals surface area contributed by atoms with E-state index in [1.807, 2.05) is 25.2 Å². The summed E-state index contributed by atoms with van der Waals surface area (Å²) in [6, 6.07) is 0. The maximum Gasteiger partial charge on any atom is -0.0308 e. The first-order chi connectivity index (χ1) is 4.35. The summed E-state index contributed by atoms with van der Waals surface area (Å²) < 4.78 is 0. The van der Waals surface area contributed by atoms with E-state index in [0.717, 1.165) is 6.42 Å². The molecule has 0 radical (unpaired) electrons. The van der Waals surface area contributed by atoms with Crippen LogP contribution in [0.15, 0.2) is 36.5 Å². The van der Waals surface area contributed by atoms with Gasteiger partial charge in [0, 0.05) is 0 Å². The second kappa shape index (κ2) is 5.36. The third-order valence-corrected chi connectivity index (χ3v) is 1.12. The molecule has 0 unspecified atom stereocenters. The Bertz CT molecular complexity index is 127. The molecule has 0 bridgehead atoms. The predicted octanol–water partition coefficient (Wildman–Crippen LogP) is 3.08. The lowest BCUT2D eigenvalue weighted by molar-refractivity contribution is 1.15. The van der Waals surface area contributed by atoms with E-state index in [1.165, 1.54) is 5.57 Å². The minimum atomic E-state index is 1.08. The molecule has 0 nitrogen and oxygen atoms in total. The fourth-order valence-corrected chi connectivity index (χ4v) is 0.657. The van der Waals surface area contributed by atoms with Gasteiger partial charge in [0.05, 0.1) is 0 Å². The maximum atomic E-state index is 3.62. The molecule has 0 saturated carbocycles. The summed E-state index contributed by atoms with van der Waals surface area (Å²) in [5.74, 6) is 0. The molecule has 0 aliphatic rings. The quantitative estimate of drug-likeness (QED) is 0.504. The fraction of sp³-hybridized carbons (Fsp3) is 0.333. The molecule has 0 aromatic rings. The molecule has 0 N–H and O–H groups in total. The van der Waals surface area contributed by atoms with Crippen LogP contribution in [-0.4, -0.2) is 0 Å². The van der Waals surface area contributed by atoms with Crippen molar-refractivity contribution in [3.05, 3.63) is 36.5 Å². The zero-order chi connectivity index (χ0) is 7.11. The van der Waals surface area contributed by atoms with Gasteiger partial charge in [-0.1, -0.05) is 37.8 Å². The second-order valence-corrected chi connectivity index (χ2v) is 1.83. The topological polar surface area (TPSA) is 0 Å². The molecular weight excluding hydrogens is 108 g/mol. The standard InChI is InChI=1S/C9H14/c1-4-7-9(6-3)8-5-2/h4-5,7-8H,1,6H2,2-3H3/b8-5-,9-7?. The van der Waals surface area contributed by atoms with Crippen molar-refractivity contribution >= 4 is 0 Å².